The van der Waals surface area contributed by atoms with E-state index in [2.05, 4.69) is 6.58 Å². The van der Waals surface area contributed by atoms with E-state index in [0.717, 1.165) is 6.08 Å². The van der Waals surface area contributed by atoms with E-state index < -0.39 is 11.9 Å². The molecule has 4 nitrogen and oxygen atoms in total. The molecule has 0 spiro atoms. The summed E-state index contributed by atoms with van der Waals surface area (Å²) >= 11 is 0. The van der Waals surface area contributed by atoms with Gasteiger partial charge in [-0.15, -0.1) is 0 Å². The van der Waals surface area contributed by atoms with Crippen LogP contribution in [0.1, 0.15) is 6.92 Å². The molecule has 0 heterocycles. The molecule has 0 bridgehead atoms. The number of ether oxygens (including phenoxy) is 2. The first-order valence-electron chi connectivity index (χ1n) is 4.24. The summed E-state index contributed by atoms with van der Waals surface area (Å²) in [4.78, 5) is 21.4. The molecular formula is C11H10O4. The summed E-state index contributed by atoms with van der Waals surface area (Å²) in [6.07, 6.45) is 1.07. The van der Waals surface area contributed by atoms with E-state index in [1.54, 1.807) is 0 Å². The largest absolute Gasteiger partial charge is 0.427 e. The number of hydrogen-bond acceptors (Lipinski definition) is 4. The van der Waals surface area contributed by atoms with Gasteiger partial charge in [0.1, 0.15) is 11.5 Å². The lowest BCUT2D eigenvalue weighted by atomic mass is 10.3. The first kappa shape index (κ1) is 11.0. The zero-order valence-electron chi connectivity index (χ0n) is 8.23. The van der Waals surface area contributed by atoms with Gasteiger partial charge in [-0.25, -0.2) is 4.79 Å². The maximum absolute atomic E-state index is 10.8. The number of carbonyl (C=O) groups excluding carboxylic acids is 2. The number of rotatable bonds is 3. The van der Waals surface area contributed by atoms with Gasteiger partial charge in [0.05, 0.1) is 0 Å². The summed E-state index contributed by atoms with van der Waals surface area (Å²) in [5, 5.41) is 0. The average molecular weight is 206 g/mol. The quantitative estimate of drug-likeness (QED) is 0.429. The first-order valence-corrected chi connectivity index (χ1v) is 4.24. The predicted octanol–water partition coefficient (Wildman–Crippen LogP) is 1.70. The van der Waals surface area contributed by atoms with Crippen molar-refractivity contribution in [2.24, 2.45) is 0 Å². The SMILES string of the molecule is C=CC(=O)Oc1ccc(OC(C)=O)cc1. The van der Waals surface area contributed by atoms with Crippen LogP contribution in [0.3, 0.4) is 0 Å². The van der Waals surface area contributed by atoms with Crippen LogP contribution < -0.4 is 9.47 Å². The number of hydrogen-bond donors (Lipinski definition) is 0. The maximum atomic E-state index is 10.8. The van der Waals surface area contributed by atoms with Crippen LogP contribution in [0.2, 0.25) is 0 Å². The Morgan fingerprint density at radius 2 is 1.60 bits per heavy atom. The second-order valence-corrected chi connectivity index (χ2v) is 2.69. The Bertz CT molecular complexity index is 378. The molecule has 0 radical (unpaired) electrons. The molecule has 78 valence electrons. The van der Waals surface area contributed by atoms with E-state index in [4.69, 9.17) is 9.47 Å². The molecule has 0 unspecified atom stereocenters. The molecule has 1 aromatic carbocycles. The summed E-state index contributed by atoms with van der Waals surface area (Å²) in [7, 11) is 0. The van der Waals surface area contributed by atoms with Crippen LogP contribution in [-0.2, 0) is 9.59 Å². The molecule has 4 heteroatoms. The van der Waals surface area contributed by atoms with Crippen LogP contribution in [0.25, 0.3) is 0 Å². The number of benzene rings is 1. The standard InChI is InChI=1S/C11H10O4/c1-3-11(13)15-10-6-4-9(5-7-10)14-8(2)12/h3-7H,1H2,2H3. The molecule has 0 saturated carbocycles. The van der Waals surface area contributed by atoms with Crippen molar-refractivity contribution < 1.29 is 19.1 Å². The van der Waals surface area contributed by atoms with E-state index in [1.807, 2.05) is 0 Å². The van der Waals surface area contributed by atoms with Gasteiger partial charge in [-0.1, -0.05) is 6.58 Å². The van der Waals surface area contributed by atoms with Gasteiger partial charge < -0.3 is 9.47 Å². The van der Waals surface area contributed by atoms with Gasteiger partial charge in [-0.05, 0) is 24.3 Å². The normalized spacial score (nSPS) is 9.13. The fourth-order valence-electron chi connectivity index (χ4n) is 0.900. The molecule has 1 rings (SSSR count). The van der Waals surface area contributed by atoms with Crippen molar-refractivity contribution in [3.63, 3.8) is 0 Å². The number of esters is 2. The molecule has 0 fully saturated rings. The fraction of sp³-hybridized carbons (Fsp3) is 0.0909. The minimum atomic E-state index is -0.532. The molecule has 0 saturated heterocycles. The van der Waals surface area contributed by atoms with Crippen LogP contribution in [-0.4, -0.2) is 11.9 Å². The third-order valence-corrected chi connectivity index (χ3v) is 1.47. The predicted molar refractivity (Wildman–Crippen MR) is 53.6 cm³/mol. The Hall–Kier alpha value is -2.10. The highest BCUT2D eigenvalue weighted by atomic mass is 16.5. The maximum Gasteiger partial charge on any atom is 0.335 e. The lowest BCUT2D eigenvalue weighted by Gasteiger charge is -2.03. The zero-order valence-corrected chi connectivity index (χ0v) is 8.23. The van der Waals surface area contributed by atoms with Crippen molar-refractivity contribution in [2.45, 2.75) is 6.92 Å². The van der Waals surface area contributed by atoms with Crippen LogP contribution in [0.4, 0.5) is 0 Å². The Morgan fingerprint density at radius 3 is 2.00 bits per heavy atom. The lowest BCUT2D eigenvalue weighted by molar-refractivity contribution is -0.132. The lowest BCUT2D eigenvalue weighted by Crippen LogP contribution is -2.04. The van der Waals surface area contributed by atoms with E-state index in [1.165, 1.54) is 31.2 Å². The summed E-state index contributed by atoms with van der Waals surface area (Å²) in [6.45, 7) is 4.58. The van der Waals surface area contributed by atoms with Gasteiger partial charge in [0, 0.05) is 13.0 Å². The summed E-state index contributed by atoms with van der Waals surface area (Å²) < 4.78 is 9.63. The monoisotopic (exact) mass is 206 g/mol. The molecular weight excluding hydrogens is 196 g/mol. The summed E-state index contributed by atoms with van der Waals surface area (Å²) in [5.41, 5.74) is 0. The summed E-state index contributed by atoms with van der Waals surface area (Å²) in [6, 6.07) is 6.12. The minimum Gasteiger partial charge on any atom is -0.427 e. The highest BCUT2D eigenvalue weighted by Gasteiger charge is 2.01. The van der Waals surface area contributed by atoms with Gasteiger partial charge in [0.25, 0.3) is 0 Å². The van der Waals surface area contributed by atoms with Crippen LogP contribution in [0.15, 0.2) is 36.9 Å². The average Bonchev–Trinajstić information content (AvgIpc) is 2.20. The van der Waals surface area contributed by atoms with E-state index in [9.17, 15) is 9.59 Å². The zero-order chi connectivity index (χ0) is 11.3. The van der Waals surface area contributed by atoms with Gasteiger partial charge in [-0.2, -0.15) is 0 Å². The molecule has 1 aromatic rings. The van der Waals surface area contributed by atoms with E-state index in [0.29, 0.717) is 11.5 Å². The Labute approximate surface area is 87.1 Å². The summed E-state index contributed by atoms with van der Waals surface area (Å²) in [5.74, 6) is -0.155. The Kier molecular flexibility index (Phi) is 3.62. The minimum absolute atomic E-state index is 0.371. The van der Waals surface area contributed by atoms with Crippen LogP contribution >= 0.6 is 0 Å². The van der Waals surface area contributed by atoms with Gasteiger partial charge in [-0.3, -0.25) is 4.79 Å². The molecule has 0 N–H and O–H groups in total. The van der Waals surface area contributed by atoms with E-state index >= 15 is 0 Å². The fourth-order valence-corrected chi connectivity index (χ4v) is 0.900. The topological polar surface area (TPSA) is 52.6 Å². The highest BCUT2D eigenvalue weighted by molar-refractivity contribution is 5.83. The van der Waals surface area contributed by atoms with Crippen molar-refractivity contribution in [3.8, 4) is 11.5 Å². The third kappa shape index (κ3) is 3.64. The second kappa shape index (κ2) is 4.95. The highest BCUT2D eigenvalue weighted by Crippen LogP contribution is 2.17. The first-order chi connectivity index (χ1) is 7.11. The van der Waals surface area contributed by atoms with Gasteiger partial charge >= 0.3 is 11.9 Å². The van der Waals surface area contributed by atoms with Crippen molar-refractivity contribution >= 4 is 11.9 Å². The molecule has 0 atom stereocenters. The van der Waals surface area contributed by atoms with Gasteiger partial charge in [0.15, 0.2) is 0 Å². The van der Waals surface area contributed by atoms with Crippen LogP contribution in [0, 0.1) is 0 Å². The molecule has 0 amide bonds. The van der Waals surface area contributed by atoms with Crippen LogP contribution in [0.5, 0.6) is 11.5 Å². The van der Waals surface area contributed by atoms with Crippen molar-refractivity contribution in [2.75, 3.05) is 0 Å². The molecule has 15 heavy (non-hydrogen) atoms. The van der Waals surface area contributed by atoms with Crippen molar-refractivity contribution in [3.05, 3.63) is 36.9 Å². The second-order valence-electron chi connectivity index (χ2n) is 2.69. The Balaban J connectivity index is 2.67. The Morgan fingerprint density at radius 1 is 1.13 bits per heavy atom. The molecule has 0 aliphatic rings. The van der Waals surface area contributed by atoms with Crippen molar-refractivity contribution in [1.29, 1.82) is 0 Å². The molecule has 0 aromatic heterocycles. The van der Waals surface area contributed by atoms with E-state index in [-0.39, 0.29) is 0 Å². The smallest absolute Gasteiger partial charge is 0.335 e. The molecule has 0 aliphatic heterocycles. The number of carbonyl (C=O) groups is 2. The van der Waals surface area contributed by atoms with Crippen molar-refractivity contribution in [1.82, 2.24) is 0 Å². The molecule has 0 aliphatic carbocycles. The third-order valence-electron chi connectivity index (χ3n) is 1.47. The van der Waals surface area contributed by atoms with Gasteiger partial charge in [0.2, 0.25) is 0 Å².